The number of nitrogens with zero attached hydrogens (tertiary/aromatic N) is 1. The van der Waals surface area contributed by atoms with Crippen LogP contribution in [0.5, 0.6) is 0 Å². The van der Waals surface area contributed by atoms with E-state index in [1.807, 2.05) is 0 Å². The quantitative estimate of drug-likeness (QED) is 0.261. The number of carbonyl (C=O) groups excluding carboxylic acids is 1. The van der Waals surface area contributed by atoms with Gasteiger partial charge in [0.25, 0.3) is 5.69 Å². The molecule has 0 amide bonds. The van der Waals surface area contributed by atoms with E-state index in [9.17, 15) is 19.5 Å². The summed E-state index contributed by atoms with van der Waals surface area (Å²) in [6.45, 7) is 1.41. The Morgan fingerprint density at radius 1 is 1.24 bits per heavy atom. The molecule has 21 heavy (non-hydrogen) atoms. The number of allylic oxidation sites excluding steroid dienone is 1. The minimum absolute atomic E-state index is 0.0328. The molecule has 0 aromatic heterocycles. The van der Waals surface area contributed by atoms with E-state index >= 15 is 0 Å². The van der Waals surface area contributed by atoms with E-state index in [1.165, 1.54) is 45.4 Å². The summed E-state index contributed by atoms with van der Waals surface area (Å²) in [5.74, 6) is 0.360. The Bertz CT molecular complexity index is 601. The Morgan fingerprint density at radius 3 is 2.19 bits per heavy atom. The van der Waals surface area contributed by atoms with Crippen molar-refractivity contribution in [2.75, 3.05) is 14.2 Å². The van der Waals surface area contributed by atoms with Crippen LogP contribution in [0, 0.1) is 10.1 Å². The first-order valence-corrected chi connectivity index (χ1v) is 7.30. The molecule has 0 saturated heterocycles. The van der Waals surface area contributed by atoms with Crippen LogP contribution in [0.1, 0.15) is 17.3 Å². The van der Waals surface area contributed by atoms with Gasteiger partial charge in [-0.2, -0.15) is 0 Å². The molecule has 9 heteroatoms. The fraction of sp³-hybridized carbons (Fsp3) is 0.250. The molecule has 0 radical (unpaired) electrons. The molecule has 1 aromatic rings. The van der Waals surface area contributed by atoms with Crippen molar-refractivity contribution in [3.8, 4) is 0 Å². The summed E-state index contributed by atoms with van der Waals surface area (Å²) < 4.78 is 26.1. The number of hydrogen-bond acceptors (Lipinski definition) is 7. The summed E-state index contributed by atoms with van der Waals surface area (Å²) in [5.41, 5.74) is -0.0138. The lowest BCUT2D eigenvalue weighted by Gasteiger charge is -2.10. The third kappa shape index (κ3) is 4.78. The average molecular weight is 315 g/mol. The van der Waals surface area contributed by atoms with Gasteiger partial charge in [-0.05, 0) is 19.1 Å². The zero-order chi connectivity index (χ0) is 16.0. The van der Waals surface area contributed by atoms with Gasteiger partial charge in [0.15, 0.2) is 0 Å². The molecular formula is C12H14NO7P. The summed E-state index contributed by atoms with van der Waals surface area (Å²) in [7, 11) is -1.03. The second-order valence-electron chi connectivity index (χ2n) is 3.84. The van der Waals surface area contributed by atoms with Gasteiger partial charge in [0.1, 0.15) is 5.76 Å². The number of benzene rings is 1. The maximum atomic E-state index is 11.8. The molecule has 0 spiro atoms. The largest absolute Gasteiger partial charge is 0.427 e. The Hall–Kier alpha value is -2.02. The molecule has 0 unspecified atom stereocenters. The number of rotatable bonds is 6. The Balaban J connectivity index is 2.83. The van der Waals surface area contributed by atoms with Crippen molar-refractivity contribution in [1.82, 2.24) is 0 Å². The van der Waals surface area contributed by atoms with Crippen LogP contribution in [-0.4, -0.2) is 25.1 Å². The minimum atomic E-state index is -3.43. The van der Waals surface area contributed by atoms with E-state index in [4.69, 9.17) is 4.74 Å². The predicted molar refractivity (Wildman–Crippen MR) is 73.9 cm³/mol. The van der Waals surface area contributed by atoms with Crippen LogP contribution in [0.2, 0.25) is 0 Å². The lowest BCUT2D eigenvalue weighted by Crippen LogP contribution is -2.04. The number of non-ortho nitro benzene ring substituents is 1. The summed E-state index contributed by atoms with van der Waals surface area (Å²) in [4.78, 5) is 21.7. The van der Waals surface area contributed by atoms with Crippen LogP contribution < -0.4 is 0 Å². The van der Waals surface area contributed by atoms with E-state index in [0.29, 0.717) is 0 Å². The van der Waals surface area contributed by atoms with E-state index in [2.05, 4.69) is 9.05 Å². The van der Waals surface area contributed by atoms with Crippen LogP contribution in [0.15, 0.2) is 35.8 Å². The molecule has 0 heterocycles. The highest BCUT2D eigenvalue weighted by molar-refractivity contribution is 7.57. The van der Waals surface area contributed by atoms with Crippen molar-refractivity contribution < 1.29 is 28.1 Å². The van der Waals surface area contributed by atoms with Crippen LogP contribution in [-0.2, 0) is 18.3 Å². The lowest BCUT2D eigenvalue weighted by molar-refractivity contribution is -0.384. The van der Waals surface area contributed by atoms with Crippen molar-refractivity contribution in [3.63, 3.8) is 0 Å². The SMILES string of the molecule is COP(=O)(/C=C(/C)OC(=O)c1ccc([N+](=O)[O-])cc1)OC. The first kappa shape index (κ1) is 17.0. The van der Waals surface area contributed by atoms with E-state index in [0.717, 1.165) is 5.82 Å². The van der Waals surface area contributed by atoms with Gasteiger partial charge in [-0.25, -0.2) is 4.79 Å². The summed E-state index contributed by atoms with van der Waals surface area (Å²) in [5, 5.41) is 10.5. The van der Waals surface area contributed by atoms with Crippen LogP contribution in [0.25, 0.3) is 0 Å². The normalized spacial score (nSPS) is 12.0. The number of esters is 1. The Kier molecular flexibility index (Phi) is 5.78. The highest BCUT2D eigenvalue weighted by atomic mass is 31.2. The van der Waals surface area contributed by atoms with Gasteiger partial charge in [0, 0.05) is 26.4 Å². The maximum absolute atomic E-state index is 11.8. The van der Waals surface area contributed by atoms with Crippen molar-refractivity contribution >= 4 is 19.3 Å². The van der Waals surface area contributed by atoms with Crippen LogP contribution in [0.4, 0.5) is 5.69 Å². The zero-order valence-corrected chi connectivity index (χ0v) is 12.5. The van der Waals surface area contributed by atoms with Crippen molar-refractivity contribution in [1.29, 1.82) is 0 Å². The highest BCUT2D eigenvalue weighted by Crippen LogP contribution is 2.48. The van der Waals surface area contributed by atoms with Crippen molar-refractivity contribution in [3.05, 3.63) is 51.5 Å². The smallest absolute Gasteiger partial charge is 0.357 e. The molecule has 0 saturated carbocycles. The first-order valence-electron chi connectivity index (χ1n) is 5.68. The monoisotopic (exact) mass is 315 g/mol. The minimum Gasteiger partial charge on any atom is -0.427 e. The molecule has 0 bridgehead atoms. The lowest BCUT2D eigenvalue weighted by atomic mass is 10.2. The number of hydrogen-bond donors (Lipinski definition) is 0. The molecule has 0 aliphatic carbocycles. The van der Waals surface area contributed by atoms with Gasteiger partial charge >= 0.3 is 13.6 Å². The van der Waals surface area contributed by atoms with E-state index in [1.54, 1.807) is 0 Å². The van der Waals surface area contributed by atoms with Crippen LogP contribution >= 0.6 is 7.60 Å². The standard InChI is InChI=1S/C12H14NO7P/c1-9(8-21(17,18-2)19-3)20-12(14)10-4-6-11(7-5-10)13(15)16/h4-8H,1-3H3/b9-8-. The van der Waals surface area contributed by atoms with Gasteiger partial charge in [-0.15, -0.1) is 0 Å². The fourth-order valence-electron chi connectivity index (χ4n) is 1.35. The van der Waals surface area contributed by atoms with Gasteiger partial charge in [-0.1, -0.05) is 0 Å². The summed E-state index contributed by atoms with van der Waals surface area (Å²) >= 11 is 0. The Morgan fingerprint density at radius 2 is 1.76 bits per heavy atom. The van der Waals surface area contributed by atoms with E-state index < -0.39 is 18.5 Å². The molecule has 0 N–H and O–H groups in total. The third-order valence-corrected chi connectivity index (χ3v) is 4.11. The molecule has 0 aliphatic rings. The second-order valence-corrected chi connectivity index (χ2v) is 5.91. The molecular weight excluding hydrogens is 301 g/mol. The predicted octanol–water partition coefficient (Wildman–Crippen LogP) is 3.10. The zero-order valence-electron chi connectivity index (χ0n) is 11.6. The summed E-state index contributed by atoms with van der Waals surface area (Å²) in [6.07, 6.45) is 0. The molecule has 1 aromatic carbocycles. The second kappa shape index (κ2) is 7.12. The topological polar surface area (TPSA) is 105 Å². The molecule has 114 valence electrons. The first-order chi connectivity index (χ1) is 9.81. The van der Waals surface area contributed by atoms with Gasteiger partial charge < -0.3 is 13.8 Å². The molecule has 1 rings (SSSR count). The maximum Gasteiger partial charge on any atom is 0.357 e. The van der Waals surface area contributed by atoms with E-state index in [-0.39, 0.29) is 17.0 Å². The average Bonchev–Trinajstić information content (AvgIpc) is 2.46. The highest BCUT2D eigenvalue weighted by Gasteiger charge is 2.19. The number of carbonyl (C=O) groups is 1. The van der Waals surface area contributed by atoms with Gasteiger partial charge in [0.2, 0.25) is 0 Å². The summed E-state index contributed by atoms with van der Waals surface area (Å²) in [6, 6.07) is 4.90. The van der Waals surface area contributed by atoms with Crippen molar-refractivity contribution in [2.24, 2.45) is 0 Å². The van der Waals surface area contributed by atoms with Gasteiger partial charge in [0.05, 0.1) is 16.3 Å². The Labute approximate surface area is 121 Å². The van der Waals surface area contributed by atoms with Crippen molar-refractivity contribution in [2.45, 2.75) is 6.92 Å². The molecule has 0 atom stereocenters. The number of nitro groups is 1. The molecule has 8 nitrogen and oxygen atoms in total. The van der Waals surface area contributed by atoms with Crippen LogP contribution in [0.3, 0.4) is 0 Å². The molecule has 0 aliphatic heterocycles. The third-order valence-electron chi connectivity index (χ3n) is 2.42. The number of ether oxygens (including phenoxy) is 1. The van der Waals surface area contributed by atoms with Gasteiger partial charge in [-0.3, -0.25) is 14.7 Å². The molecule has 0 fully saturated rings. The fourth-order valence-corrected chi connectivity index (χ4v) is 2.21. The number of nitro benzene ring substituents is 1.